The third kappa shape index (κ3) is 0.911. The van der Waals surface area contributed by atoms with Crippen molar-refractivity contribution >= 4 is 11.8 Å². The van der Waals surface area contributed by atoms with Crippen molar-refractivity contribution in [3.05, 3.63) is 0 Å². The standard InChI is InChI=1S/C11H15NO3/c1-11(15)4-5-3-6(11)8-7(5)9(13)12(2)10(8)14/h5-8,15H,3-4H2,1-2H3. The van der Waals surface area contributed by atoms with Gasteiger partial charge in [-0.1, -0.05) is 0 Å². The van der Waals surface area contributed by atoms with Gasteiger partial charge >= 0.3 is 0 Å². The number of hydrogen-bond donors (Lipinski definition) is 1. The Kier molecular flexibility index (Phi) is 1.51. The molecule has 0 aromatic rings. The van der Waals surface area contributed by atoms with Crippen molar-refractivity contribution in [3.8, 4) is 0 Å². The first kappa shape index (κ1) is 9.33. The summed E-state index contributed by atoms with van der Waals surface area (Å²) in [7, 11) is 1.55. The van der Waals surface area contributed by atoms with Crippen LogP contribution in [0.3, 0.4) is 0 Å². The van der Waals surface area contributed by atoms with Gasteiger partial charge in [0.1, 0.15) is 0 Å². The number of carbonyl (C=O) groups is 2. The summed E-state index contributed by atoms with van der Waals surface area (Å²) >= 11 is 0. The maximum atomic E-state index is 11.9. The predicted molar refractivity (Wildman–Crippen MR) is 51.6 cm³/mol. The van der Waals surface area contributed by atoms with Crippen LogP contribution in [0.2, 0.25) is 0 Å². The Labute approximate surface area is 88.2 Å². The van der Waals surface area contributed by atoms with E-state index in [1.165, 1.54) is 4.90 Å². The summed E-state index contributed by atoms with van der Waals surface area (Å²) in [5, 5.41) is 10.1. The van der Waals surface area contributed by atoms with E-state index in [2.05, 4.69) is 0 Å². The fraction of sp³-hybridized carbons (Fsp3) is 0.818. The van der Waals surface area contributed by atoms with Crippen LogP contribution in [-0.4, -0.2) is 34.5 Å². The van der Waals surface area contributed by atoms with Gasteiger partial charge in [-0.25, -0.2) is 0 Å². The second-order valence-corrected chi connectivity index (χ2v) is 5.45. The van der Waals surface area contributed by atoms with E-state index in [1.807, 2.05) is 0 Å². The molecular weight excluding hydrogens is 194 g/mol. The Bertz CT molecular complexity index is 363. The zero-order chi connectivity index (χ0) is 11.0. The highest BCUT2D eigenvalue weighted by molar-refractivity contribution is 6.05. The van der Waals surface area contributed by atoms with Crippen molar-refractivity contribution in [1.82, 2.24) is 4.90 Å². The first-order valence-corrected chi connectivity index (χ1v) is 5.47. The Morgan fingerprint density at radius 2 is 1.93 bits per heavy atom. The molecule has 82 valence electrons. The molecule has 1 N–H and O–H groups in total. The topological polar surface area (TPSA) is 57.6 Å². The van der Waals surface area contributed by atoms with Gasteiger partial charge in [-0.2, -0.15) is 0 Å². The van der Waals surface area contributed by atoms with E-state index in [0.29, 0.717) is 6.42 Å². The number of fused-ring (bicyclic) bond motifs is 5. The Hall–Kier alpha value is -0.900. The van der Waals surface area contributed by atoms with Crippen LogP contribution in [0.4, 0.5) is 0 Å². The third-order valence-corrected chi connectivity index (χ3v) is 4.59. The highest BCUT2D eigenvalue weighted by Gasteiger charge is 2.66. The molecule has 3 fully saturated rings. The van der Waals surface area contributed by atoms with E-state index in [-0.39, 0.29) is 35.5 Å². The molecule has 3 aliphatic rings. The van der Waals surface area contributed by atoms with E-state index >= 15 is 0 Å². The number of carbonyl (C=O) groups excluding carboxylic acids is 2. The van der Waals surface area contributed by atoms with E-state index < -0.39 is 5.60 Å². The normalized spacial score (nSPS) is 52.9. The molecule has 5 unspecified atom stereocenters. The molecule has 0 aromatic carbocycles. The number of amides is 2. The zero-order valence-corrected chi connectivity index (χ0v) is 8.93. The van der Waals surface area contributed by atoms with Gasteiger partial charge in [-0.3, -0.25) is 14.5 Å². The molecule has 15 heavy (non-hydrogen) atoms. The Morgan fingerprint density at radius 1 is 1.33 bits per heavy atom. The van der Waals surface area contributed by atoms with Crippen LogP contribution in [0.1, 0.15) is 19.8 Å². The second-order valence-electron chi connectivity index (χ2n) is 5.45. The molecule has 2 amide bonds. The highest BCUT2D eigenvalue weighted by atomic mass is 16.3. The third-order valence-electron chi connectivity index (χ3n) is 4.59. The van der Waals surface area contributed by atoms with Crippen LogP contribution in [-0.2, 0) is 9.59 Å². The molecule has 0 radical (unpaired) electrons. The molecule has 1 aliphatic heterocycles. The number of nitrogens with zero attached hydrogens (tertiary/aromatic N) is 1. The van der Waals surface area contributed by atoms with Crippen LogP contribution >= 0.6 is 0 Å². The largest absolute Gasteiger partial charge is 0.390 e. The van der Waals surface area contributed by atoms with E-state index in [1.54, 1.807) is 14.0 Å². The number of rotatable bonds is 0. The fourth-order valence-electron chi connectivity index (χ4n) is 3.93. The van der Waals surface area contributed by atoms with Gasteiger partial charge in [-0.15, -0.1) is 0 Å². The van der Waals surface area contributed by atoms with Crippen molar-refractivity contribution in [1.29, 1.82) is 0 Å². The molecule has 2 bridgehead atoms. The lowest BCUT2D eigenvalue weighted by Gasteiger charge is -2.33. The maximum Gasteiger partial charge on any atom is 0.233 e. The van der Waals surface area contributed by atoms with Gasteiger partial charge in [0.15, 0.2) is 0 Å². The molecule has 2 saturated carbocycles. The van der Waals surface area contributed by atoms with Crippen LogP contribution in [0.15, 0.2) is 0 Å². The van der Waals surface area contributed by atoms with E-state index in [9.17, 15) is 14.7 Å². The summed E-state index contributed by atoms with van der Waals surface area (Å²) < 4.78 is 0. The average Bonchev–Trinajstić information content (AvgIpc) is 2.71. The molecule has 0 spiro atoms. The van der Waals surface area contributed by atoms with Crippen LogP contribution in [0.5, 0.6) is 0 Å². The molecule has 3 rings (SSSR count). The molecule has 2 aliphatic carbocycles. The summed E-state index contributed by atoms with van der Waals surface area (Å²) in [4.78, 5) is 24.9. The minimum Gasteiger partial charge on any atom is -0.390 e. The van der Waals surface area contributed by atoms with Gasteiger partial charge in [0.2, 0.25) is 11.8 Å². The molecular formula is C11H15NO3. The molecule has 1 heterocycles. The predicted octanol–water partition coefficient (Wildman–Crippen LogP) is 0.00820. The summed E-state index contributed by atoms with van der Waals surface area (Å²) in [5.74, 6) is -0.278. The van der Waals surface area contributed by atoms with E-state index in [0.717, 1.165) is 6.42 Å². The lowest BCUT2D eigenvalue weighted by Crippen LogP contribution is -2.41. The van der Waals surface area contributed by atoms with Crippen molar-refractivity contribution in [2.75, 3.05) is 7.05 Å². The zero-order valence-electron chi connectivity index (χ0n) is 8.93. The van der Waals surface area contributed by atoms with E-state index in [4.69, 9.17) is 0 Å². The second kappa shape index (κ2) is 2.43. The number of likely N-dealkylation sites (tertiary alicyclic amines) is 1. The monoisotopic (exact) mass is 209 g/mol. The fourth-order valence-corrected chi connectivity index (χ4v) is 3.93. The number of imide groups is 1. The van der Waals surface area contributed by atoms with Gasteiger partial charge in [-0.05, 0) is 25.7 Å². The molecule has 5 atom stereocenters. The number of hydrogen-bond acceptors (Lipinski definition) is 3. The van der Waals surface area contributed by atoms with Gasteiger partial charge in [0.05, 0.1) is 17.4 Å². The first-order chi connectivity index (χ1) is 6.93. The van der Waals surface area contributed by atoms with Crippen molar-refractivity contribution in [3.63, 3.8) is 0 Å². The summed E-state index contributed by atoms with van der Waals surface area (Å²) in [6, 6.07) is 0. The van der Waals surface area contributed by atoms with Gasteiger partial charge in [0, 0.05) is 13.0 Å². The quantitative estimate of drug-likeness (QED) is 0.572. The molecule has 4 nitrogen and oxygen atoms in total. The summed E-state index contributed by atoms with van der Waals surface area (Å²) in [6.07, 6.45) is 1.51. The van der Waals surface area contributed by atoms with Gasteiger partial charge < -0.3 is 5.11 Å². The molecule has 1 saturated heterocycles. The maximum absolute atomic E-state index is 11.9. The summed E-state index contributed by atoms with van der Waals surface area (Å²) in [6.45, 7) is 1.80. The average molecular weight is 209 g/mol. The van der Waals surface area contributed by atoms with Crippen LogP contribution < -0.4 is 0 Å². The van der Waals surface area contributed by atoms with Crippen LogP contribution in [0, 0.1) is 23.7 Å². The Balaban J connectivity index is 2.03. The molecule has 4 heteroatoms. The van der Waals surface area contributed by atoms with Crippen molar-refractivity contribution in [2.45, 2.75) is 25.4 Å². The molecule has 0 aromatic heterocycles. The lowest BCUT2D eigenvalue weighted by molar-refractivity contribution is -0.139. The van der Waals surface area contributed by atoms with Crippen LogP contribution in [0.25, 0.3) is 0 Å². The SMILES string of the molecule is CN1C(=O)C2C3CC(C2C1=O)C(C)(O)C3. The minimum absolute atomic E-state index is 0.00565. The summed E-state index contributed by atoms with van der Waals surface area (Å²) in [5.41, 5.74) is -0.743. The lowest BCUT2D eigenvalue weighted by atomic mass is 9.73. The Morgan fingerprint density at radius 3 is 2.60 bits per heavy atom. The minimum atomic E-state index is -0.743. The van der Waals surface area contributed by atoms with Crippen molar-refractivity contribution in [2.24, 2.45) is 23.7 Å². The highest BCUT2D eigenvalue weighted by Crippen LogP contribution is 2.59. The smallest absolute Gasteiger partial charge is 0.233 e. The van der Waals surface area contributed by atoms with Gasteiger partial charge in [0.25, 0.3) is 0 Å². The van der Waals surface area contributed by atoms with Crippen molar-refractivity contribution < 1.29 is 14.7 Å². The number of aliphatic hydroxyl groups is 1. The first-order valence-electron chi connectivity index (χ1n) is 5.47.